The number of hydrogen-bond donors (Lipinski definition) is 0. The van der Waals surface area contributed by atoms with Crippen LogP contribution in [-0.4, -0.2) is 12.4 Å². The van der Waals surface area contributed by atoms with E-state index in [4.69, 9.17) is 16.3 Å². The number of carbonyl (C=O) groups excluding carboxylic acids is 1. The van der Waals surface area contributed by atoms with Crippen LogP contribution in [0.2, 0.25) is 5.02 Å². The molecule has 0 radical (unpaired) electrons. The summed E-state index contributed by atoms with van der Waals surface area (Å²) in [6, 6.07) is 3.83. The van der Waals surface area contributed by atoms with E-state index in [9.17, 15) is 4.79 Å². The standard InChI is InChI=1S/C14H17ClO2/c1-9-7-12(8-10(2)14(9)15)17-6-5-13(16)11-3-4-11/h7-8,11H,3-6H2,1-2H3. The van der Waals surface area contributed by atoms with Crippen LogP contribution in [-0.2, 0) is 4.79 Å². The van der Waals surface area contributed by atoms with Gasteiger partial charge in [-0.05, 0) is 49.9 Å². The van der Waals surface area contributed by atoms with E-state index in [1.807, 2.05) is 26.0 Å². The first kappa shape index (κ1) is 12.4. The first-order chi connectivity index (χ1) is 8.08. The number of hydrogen-bond acceptors (Lipinski definition) is 2. The summed E-state index contributed by atoms with van der Waals surface area (Å²) in [7, 11) is 0. The third-order valence-electron chi connectivity index (χ3n) is 3.06. The van der Waals surface area contributed by atoms with Crippen molar-refractivity contribution in [3.63, 3.8) is 0 Å². The minimum absolute atomic E-state index is 0.326. The average Bonchev–Trinajstić information content (AvgIpc) is 3.09. The minimum atomic E-state index is 0.326. The van der Waals surface area contributed by atoms with Gasteiger partial charge in [-0.15, -0.1) is 0 Å². The van der Waals surface area contributed by atoms with Crippen LogP contribution in [0, 0.1) is 19.8 Å². The molecule has 0 heterocycles. The predicted octanol–water partition coefficient (Wildman–Crippen LogP) is 3.70. The number of aryl methyl sites for hydroxylation is 2. The summed E-state index contributed by atoms with van der Waals surface area (Å²) in [4.78, 5) is 11.5. The van der Waals surface area contributed by atoms with E-state index >= 15 is 0 Å². The van der Waals surface area contributed by atoms with Crippen molar-refractivity contribution in [3.05, 3.63) is 28.3 Å². The topological polar surface area (TPSA) is 26.3 Å². The fourth-order valence-electron chi connectivity index (χ4n) is 1.87. The zero-order valence-electron chi connectivity index (χ0n) is 10.3. The van der Waals surface area contributed by atoms with Gasteiger partial charge in [0.25, 0.3) is 0 Å². The van der Waals surface area contributed by atoms with Crippen molar-refractivity contribution in [1.82, 2.24) is 0 Å². The minimum Gasteiger partial charge on any atom is -0.493 e. The van der Waals surface area contributed by atoms with E-state index in [0.717, 1.165) is 34.7 Å². The van der Waals surface area contributed by atoms with Crippen molar-refractivity contribution in [2.24, 2.45) is 5.92 Å². The molecule has 0 aromatic heterocycles. The van der Waals surface area contributed by atoms with Crippen LogP contribution in [0.4, 0.5) is 0 Å². The molecule has 17 heavy (non-hydrogen) atoms. The van der Waals surface area contributed by atoms with Gasteiger partial charge in [0.2, 0.25) is 0 Å². The lowest BCUT2D eigenvalue weighted by Gasteiger charge is -2.09. The van der Waals surface area contributed by atoms with Crippen LogP contribution in [0.15, 0.2) is 12.1 Å². The van der Waals surface area contributed by atoms with Crippen LogP contribution in [0.5, 0.6) is 5.75 Å². The van der Waals surface area contributed by atoms with E-state index in [1.54, 1.807) is 0 Å². The van der Waals surface area contributed by atoms with Gasteiger partial charge in [0.15, 0.2) is 0 Å². The fraction of sp³-hybridized carbons (Fsp3) is 0.500. The Morgan fingerprint density at radius 1 is 1.35 bits per heavy atom. The second kappa shape index (κ2) is 5.09. The molecule has 0 spiro atoms. The second-order valence-electron chi connectivity index (χ2n) is 4.71. The second-order valence-corrected chi connectivity index (χ2v) is 5.09. The predicted molar refractivity (Wildman–Crippen MR) is 68.8 cm³/mol. The number of ether oxygens (including phenoxy) is 1. The molecule has 1 aromatic carbocycles. The zero-order valence-corrected chi connectivity index (χ0v) is 11.0. The number of halogens is 1. The molecule has 1 saturated carbocycles. The third kappa shape index (κ3) is 3.22. The maximum Gasteiger partial charge on any atom is 0.139 e. The average molecular weight is 253 g/mol. The van der Waals surface area contributed by atoms with Crippen LogP contribution in [0.3, 0.4) is 0 Å². The molecule has 3 heteroatoms. The Morgan fingerprint density at radius 3 is 2.47 bits per heavy atom. The van der Waals surface area contributed by atoms with E-state index < -0.39 is 0 Å². The molecule has 0 N–H and O–H groups in total. The lowest BCUT2D eigenvalue weighted by atomic mass is 10.1. The van der Waals surface area contributed by atoms with Crippen LogP contribution < -0.4 is 4.74 Å². The number of carbonyl (C=O) groups is 1. The molecule has 2 rings (SSSR count). The Bertz CT molecular complexity index is 413. The number of rotatable bonds is 5. The third-order valence-corrected chi connectivity index (χ3v) is 3.66. The van der Waals surface area contributed by atoms with Gasteiger partial charge in [-0.1, -0.05) is 11.6 Å². The molecule has 1 aromatic rings. The van der Waals surface area contributed by atoms with E-state index in [0.29, 0.717) is 24.7 Å². The van der Waals surface area contributed by atoms with Gasteiger partial charge in [-0.3, -0.25) is 4.79 Å². The van der Waals surface area contributed by atoms with Crippen LogP contribution in [0.25, 0.3) is 0 Å². The molecule has 1 aliphatic rings. The highest BCUT2D eigenvalue weighted by Gasteiger charge is 2.28. The van der Waals surface area contributed by atoms with E-state index in [-0.39, 0.29) is 0 Å². The molecule has 92 valence electrons. The molecular weight excluding hydrogens is 236 g/mol. The quantitative estimate of drug-likeness (QED) is 0.799. The highest BCUT2D eigenvalue weighted by atomic mass is 35.5. The number of benzene rings is 1. The smallest absolute Gasteiger partial charge is 0.139 e. The Balaban J connectivity index is 1.88. The summed E-state index contributed by atoms with van der Waals surface area (Å²) in [5.41, 5.74) is 2.02. The SMILES string of the molecule is Cc1cc(OCCC(=O)C2CC2)cc(C)c1Cl. The monoisotopic (exact) mass is 252 g/mol. The van der Waals surface area contributed by atoms with Crippen molar-refractivity contribution < 1.29 is 9.53 Å². The van der Waals surface area contributed by atoms with Gasteiger partial charge in [0.1, 0.15) is 11.5 Å². The lowest BCUT2D eigenvalue weighted by molar-refractivity contribution is -0.120. The molecule has 0 unspecified atom stereocenters. The summed E-state index contributed by atoms with van der Waals surface area (Å²) in [6.45, 7) is 4.38. The molecule has 0 saturated heterocycles. The van der Waals surface area contributed by atoms with Crippen molar-refractivity contribution in [3.8, 4) is 5.75 Å². The Kier molecular flexibility index (Phi) is 3.72. The highest BCUT2D eigenvalue weighted by Crippen LogP contribution is 2.31. The first-order valence-corrected chi connectivity index (χ1v) is 6.38. The van der Waals surface area contributed by atoms with Gasteiger partial charge < -0.3 is 4.74 Å². The summed E-state index contributed by atoms with van der Waals surface area (Å²) < 4.78 is 5.59. The fourth-order valence-corrected chi connectivity index (χ4v) is 1.98. The maximum absolute atomic E-state index is 11.5. The van der Waals surface area contributed by atoms with Crippen molar-refractivity contribution in [1.29, 1.82) is 0 Å². The van der Waals surface area contributed by atoms with E-state index in [2.05, 4.69) is 0 Å². The van der Waals surface area contributed by atoms with Gasteiger partial charge in [-0.2, -0.15) is 0 Å². The zero-order chi connectivity index (χ0) is 12.4. The molecule has 0 bridgehead atoms. The number of ketones is 1. The van der Waals surface area contributed by atoms with Crippen molar-refractivity contribution in [2.75, 3.05) is 6.61 Å². The van der Waals surface area contributed by atoms with Crippen molar-refractivity contribution in [2.45, 2.75) is 33.1 Å². The highest BCUT2D eigenvalue weighted by molar-refractivity contribution is 6.32. The molecule has 1 aliphatic carbocycles. The van der Waals surface area contributed by atoms with Crippen molar-refractivity contribution >= 4 is 17.4 Å². The molecule has 1 fully saturated rings. The van der Waals surface area contributed by atoms with Gasteiger partial charge in [0, 0.05) is 17.4 Å². The van der Waals surface area contributed by atoms with Crippen LogP contribution >= 0.6 is 11.6 Å². The Hall–Kier alpha value is -1.02. The largest absolute Gasteiger partial charge is 0.493 e. The normalized spacial score (nSPS) is 14.8. The molecule has 2 nitrogen and oxygen atoms in total. The lowest BCUT2D eigenvalue weighted by Crippen LogP contribution is -2.07. The summed E-state index contributed by atoms with van der Waals surface area (Å²) >= 11 is 6.07. The summed E-state index contributed by atoms with van der Waals surface area (Å²) in [5.74, 6) is 1.47. The summed E-state index contributed by atoms with van der Waals surface area (Å²) in [5, 5.41) is 0.784. The van der Waals surface area contributed by atoms with Gasteiger partial charge in [-0.25, -0.2) is 0 Å². The molecular formula is C14H17ClO2. The first-order valence-electron chi connectivity index (χ1n) is 6.00. The molecule has 0 amide bonds. The van der Waals surface area contributed by atoms with E-state index in [1.165, 1.54) is 0 Å². The van der Waals surface area contributed by atoms with Gasteiger partial charge >= 0.3 is 0 Å². The Labute approximate surface area is 107 Å². The number of Topliss-reactive ketones (excluding diaryl/α,β-unsaturated/α-hetero) is 1. The molecule has 0 atom stereocenters. The van der Waals surface area contributed by atoms with Crippen LogP contribution in [0.1, 0.15) is 30.4 Å². The van der Waals surface area contributed by atoms with Gasteiger partial charge in [0.05, 0.1) is 6.61 Å². The Morgan fingerprint density at radius 2 is 1.94 bits per heavy atom. The summed E-state index contributed by atoms with van der Waals surface area (Å²) in [6.07, 6.45) is 2.65. The molecule has 0 aliphatic heterocycles. The maximum atomic E-state index is 11.5.